The number of aryl methyl sites for hydroxylation is 2. The summed E-state index contributed by atoms with van der Waals surface area (Å²) < 4.78 is 1.71. The highest BCUT2D eigenvalue weighted by atomic mass is 16.2. The fourth-order valence-corrected chi connectivity index (χ4v) is 2.16. The topological polar surface area (TPSA) is 72.9 Å². The Kier molecular flexibility index (Phi) is 4.53. The van der Waals surface area contributed by atoms with Crippen LogP contribution in [0.2, 0.25) is 0 Å². The zero-order chi connectivity index (χ0) is 14.5. The minimum absolute atomic E-state index is 0.112. The van der Waals surface area contributed by atoms with Crippen LogP contribution >= 0.6 is 0 Å². The van der Waals surface area contributed by atoms with Crippen molar-refractivity contribution in [3.8, 4) is 0 Å². The third kappa shape index (κ3) is 3.05. The van der Waals surface area contributed by atoms with Crippen molar-refractivity contribution >= 4 is 5.91 Å². The van der Waals surface area contributed by atoms with Crippen molar-refractivity contribution in [2.75, 3.05) is 0 Å². The van der Waals surface area contributed by atoms with Gasteiger partial charge in [-0.3, -0.25) is 9.48 Å². The van der Waals surface area contributed by atoms with Crippen molar-refractivity contribution in [3.05, 3.63) is 52.8 Å². The molecule has 1 aromatic heterocycles. The predicted molar refractivity (Wildman–Crippen MR) is 78.1 cm³/mol. The maximum atomic E-state index is 12.2. The molecule has 0 saturated carbocycles. The highest BCUT2D eigenvalue weighted by molar-refractivity contribution is 5.92. The largest absolute Gasteiger partial charge is 0.347 e. The van der Waals surface area contributed by atoms with Crippen LogP contribution in [0.3, 0.4) is 0 Å². The normalized spacial score (nSPS) is 10.6. The van der Waals surface area contributed by atoms with E-state index >= 15 is 0 Å². The number of benzene rings is 1. The maximum Gasteiger partial charge on any atom is 0.269 e. The summed E-state index contributed by atoms with van der Waals surface area (Å²) in [5, 5.41) is 7.20. The number of hydrogen-bond donors (Lipinski definition) is 2. The quantitative estimate of drug-likeness (QED) is 0.868. The van der Waals surface area contributed by atoms with Crippen LogP contribution in [0.25, 0.3) is 0 Å². The summed E-state index contributed by atoms with van der Waals surface area (Å²) in [7, 11) is 0. The van der Waals surface area contributed by atoms with E-state index in [2.05, 4.69) is 10.4 Å². The Labute approximate surface area is 118 Å². The molecule has 1 aromatic carbocycles. The molecule has 2 aromatic rings. The molecule has 0 aliphatic rings. The number of nitrogens with two attached hydrogens (primary N) is 1. The molecule has 1 amide bonds. The van der Waals surface area contributed by atoms with Gasteiger partial charge in [0.15, 0.2) is 0 Å². The van der Waals surface area contributed by atoms with Gasteiger partial charge in [0.1, 0.15) is 5.69 Å². The van der Waals surface area contributed by atoms with Crippen LogP contribution in [0, 0.1) is 6.92 Å². The molecule has 2 rings (SSSR count). The standard InChI is InChI=1S/C15H20N4O/c1-3-19-14(8-11(2)18-19)15(20)17-10-13-7-5-4-6-12(13)9-16/h4-8H,3,9-10,16H2,1-2H3,(H,17,20). The van der Waals surface area contributed by atoms with Gasteiger partial charge in [-0.05, 0) is 31.0 Å². The zero-order valence-corrected chi connectivity index (χ0v) is 11.9. The lowest BCUT2D eigenvalue weighted by Crippen LogP contribution is -2.26. The molecule has 0 fully saturated rings. The van der Waals surface area contributed by atoms with Gasteiger partial charge >= 0.3 is 0 Å². The average molecular weight is 272 g/mol. The van der Waals surface area contributed by atoms with Crippen LogP contribution in [0.15, 0.2) is 30.3 Å². The fraction of sp³-hybridized carbons (Fsp3) is 0.333. The second-order valence-electron chi connectivity index (χ2n) is 4.64. The number of nitrogens with zero attached hydrogens (tertiary/aromatic N) is 2. The second-order valence-corrected chi connectivity index (χ2v) is 4.64. The first kappa shape index (κ1) is 14.3. The summed E-state index contributed by atoms with van der Waals surface area (Å²) in [5.74, 6) is -0.112. The first-order valence-corrected chi connectivity index (χ1v) is 6.75. The molecular formula is C15H20N4O. The van der Waals surface area contributed by atoms with Crippen molar-refractivity contribution in [3.63, 3.8) is 0 Å². The summed E-state index contributed by atoms with van der Waals surface area (Å²) in [5.41, 5.74) is 9.22. The van der Waals surface area contributed by atoms with Gasteiger partial charge in [0, 0.05) is 19.6 Å². The van der Waals surface area contributed by atoms with Gasteiger partial charge < -0.3 is 11.1 Å². The smallest absolute Gasteiger partial charge is 0.269 e. The highest BCUT2D eigenvalue weighted by Crippen LogP contribution is 2.09. The molecule has 1 heterocycles. The van der Waals surface area contributed by atoms with Crippen molar-refractivity contribution in [2.24, 2.45) is 5.73 Å². The van der Waals surface area contributed by atoms with Gasteiger partial charge in [-0.1, -0.05) is 24.3 Å². The molecule has 20 heavy (non-hydrogen) atoms. The van der Waals surface area contributed by atoms with E-state index in [1.54, 1.807) is 10.7 Å². The minimum atomic E-state index is -0.112. The van der Waals surface area contributed by atoms with Gasteiger partial charge in [-0.25, -0.2) is 0 Å². The predicted octanol–water partition coefficient (Wildman–Crippen LogP) is 1.60. The third-order valence-corrected chi connectivity index (χ3v) is 3.21. The van der Waals surface area contributed by atoms with Gasteiger partial charge in [-0.15, -0.1) is 0 Å². The van der Waals surface area contributed by atoms with Crippen molar-refractivity contribution in [1.29, 1.82) is 0 Å². The molecule has 0 radical (unpaired) electrons. The molecule has 5 nitrogen and oxygen atoms in total. The van der Waals surface area contributed by atoms with E-state index in [-0.39, 0.29) is 5.91 Å². The van der Waals surface area contributed by atoms with Gasteiger partial charge in [0.05, 0.1) is 5.69 Å². The summed E-state index contributed by atoms with van der Waals surface area (Å²) in [4.78, 5) is 12.2. The number of nitrogens with one attached hydrogen (secondary N) is 1. The molecule has 0 saturated heterocycles. The number of amides is 1. The van der Waals surface area contributed by atoms with E-state index in [1.807, 2.05) is 38.1 Å². The molecule has 0 aliphatic carbocycles. The summed E-state index contributed by atoms with van der Waals surface area (Å²) in [6.45, 7) is 5.47. The molecule has 106 valence electrons. The Morgan fingerprint density at radius 3 is 2.70 bits per heavy atom. The van der Waals surface area contributed by atoms with E-state index in [9.17, 15) is 4.79 Å². The van der Waals surface area contributed by atoms with Gasteiger partial charge in [0.25, 0.3) is 5.91 Å². The van der Waals surface area contributed by atoms with E-state index in [4.69, 9.17) is 5.73 Å². The molecule has 0 aliphatic heterocycles. The summed E-state index contributed by atoms with van der Waals surface area (Å²) >= 11 is 0. The van der Waals surface area contributed by atoms with E-state index < -0.39 is 0 Å². The summed E-state index contributed by atoms with van der Waals surface area (Å²) in [6.07, 6.45) is 0. The SMILES string of the molecule is CCn1nc(C)cc1C(=O)NCc1ccccc1CN. The van der Waals surface area contributed by atoms with Crippen molar-refractivity contribution in [2.45, 2.75) is 33.5 Å². The molecule has 5 heteroatoms. The van der Waals surface area contributed by atoms with Gasteiger partial charge in [-0.2, -0.15) is 5.10 Å². The van der Waals surface area contributed by atoms with Crippen LogP contribution in [0.1, 0.15) is 34.2 Å². The Morgan fingerprint density at radius 2 is 2.05 bits per heavy atom. The average Bonchev–Trinajstić information content (AvgIpc) is 2.86. The Hall–Kier alpha value is -2.14. The minimum Gasteiger partial charge on any atom is -0.347 e. The van der Waals surface area contributed by atoms with Crippen LogP contribution in [0.4, 0.5) is 0 Å². The molecule has 3 N–H and O–H groups in total. The monoisotopic (exact) mass is 272 g/mol. The lowest BCUT2D eigenvalue weighted by molar-refractivity contribution is 0.0940. The van der Waals surface area contributed by atoms with Crippen LogP contribution in [-0.2, 0) is 19.6 Å². The number of hydrogen-bond acceptors (Lipinski definition) is 3. The van der Waals surface area contributed by atoms with Crippen LogP contribution in [-0.4, -0.2) is 15.7 Å². The lowest BCUT2D eigenvalue weighted by atomic mass is 10.1. The van der Waals surface area contributed by atoms with Crippen molar-refractivity contribution in [1.82, 2.24) is 15.1 Å². The molecule has 0 bridgehead atoms. The van der Waals surface area contributed by atoms with E-state index in [1.165, 1.54) is 0 Å². The molecule has 0 atom stereocenters. The Balaban J connectivity index is 2.08. The first-order chi connectivity index (χ1) is 9.65. The lowest BCUT2D eigenvalue weighted by Gasteiger charge is -2.09. The molecule has 0 spiro atoms. The maximum absolute atomic E-state index is 12.2. The van der Waals surface area contributed by atoms with E-state index in [0.29, 0.717) is 25.3 Å². The van der Waals surface area contributed by atoms with Crippen LogP contribution < -0.4 is 11.1 Å². The Morgan fingerprint density at radius 1 is 1.35 bits per heavy atom. The van der Waals surface area contributed by atoms with Crippen molar-refractivity contribution < 1.29 is 4.79 Å². The number of rotatable bonds is 5. The third-order valence-electron chi connectivity index (χ3n) is 3.21. The van der Waals surface area contributed by atoms with Gasteiger partial charge in [0.2, 0.25) is 0 Å². The fourth-order valence-electron chi connectivity index (χ4n) is 2.16. The van der Waals surface area contributed by atoms with E-state index in [0.717, 1.165) is 16.8 Å². The summed E-state index contributed by atoms with van der Waals surface area (Å²) in [6, 6.07) is 9.64. The Bertz CT molecular complexity index is 604. The molecular weight excluding hydrogens is 252 g/mol. The second kappa shape index (κ2) is 6.34. The molecule has 0 unspecified atom stereocenters. The number of aromatic nitrogens is 2. The highest BCUT2D eigenvalue weighted by Gasteiger charge is 2.13. The number of carbonyl (C=O) groups excluding carboxylic acids is 1. The zero-order valence-electron chi connectivity index (χ0n) is 11.9. The first-order valence-electron chi connectivity index (χ1n) is 6.75. The van der Waals surface area contributed by atoms with Crippen LogP contribution in [0.5, 0.6) is 0 Å². The number of carbonyl (C=O) groups is 1.